The van der Waals surface area contributed by atoms with Crippen LogP contribution in [0.1, 0.15) is 12.5 Å². The van der Waals surface area contributed by atoms with Crippen LogP contribution in [0.4, 0.5) is 0 Å². The summed E-state index contributed by atoms with van der Waals surface area (Å²) in [6.45, 7) is 3.36. The van der Waals surface area contributed by atoms with Crippen molar-refractivity contribution in [2.24, 2.45) is 4.99 Å². The molecule has 1 aliphatic rings. The standard InChI is InChI=1S/C12H16ClN3O2S/c1-8-6-14-12(16-8)15-7-9-3-4-11(10(13)5-9)19(2,17)18/h3-5,8H,6-7H2,1-2H3,(H2,14,15,16). The van der Waals surface area contributed by atoms with E-state index in [2.05, 4.69) is 22.5 Å². The molecule has 2 rings (SSSR count). The van der Waals surface area contributed by atoms with Crippen molar-refractivity contribution in [2.45, 2.75) is 24.4 Å². The molecule has 1 unspecified atom stereocenters. The summed E-state index contributed by atoms with van der Waals surface area (Å²) in [6, 6.07) is 5.28. The summed E-state index contributed by atoms with van der Waals surface area (Å²) in [7, 11) is -3.28. The van der Waals surface area contributed by atoms with Crippen LogP contribution in [0.25, 0.3) is 0 Å². The summed E-state index contributed by atoms with van der Waals surface area (Å²) in [5.74, 6) is 0.760. The Morgan fingerprint density at radius 2 is 2.26 bits per heavy atom. The number of nitrogens with zero attached hydrogens (tertiary/aromatic N) is 1. The lowest BCUT2D eigenvalue weighted by Gasteiger charge is -2.10. The Bertz CT molecular complexity index is 613. The molecule has 0 aromatic heterocycles. The van der Waals surface area contributed by atoms with Crippen LogP contribution < -0.4 is 10.6 Å². The van der Waals surface area contributed by atoms with Crippen LogP contribution in [-0.2, 0) is 16.4 Å². The van der Waals surface area contributed by atoms with Gasteiger partial charge in [0, 0.05) is 18.8 Å². The Morgan fingerprint density at radius 3 is 2.79 bits per heavy atom. The third-order valence-corrected chi connectivity index (χ3v) is 4.34. The van der Waals surface area contributed by atoms with Crippen molar-refractivity contribution in [2.75, 3.05) is 12.8 Å². The van der Waals surface area contributed by atoms with E-state index in [9.17, 15) is 8.42 Å². The van der Waals surface area contributed by atoms with Crippen molar-refractivity contribution in [1.29, 1.82) is 0 Å². The fourth-order valence-electron chi connectivity index (χ4n) is 1.80. The first-order chi connectivity index (χ1) is 8.86. The lowest BCUT2D eigenvalue weighted by Crippen LogP contribution is -2.37. The Labute approximate surface area is 118 Å². The summed E-state index contributed by atoms with van der Waals surface area (Å²) in [5, 5.41) is 6.58. The van der Waals surface area contributed by atoms with Gasteiger partial charge in [-0.1, -0.05) is 17.7 Å². The van der Waals surface area contributed by atoms with Gasteiger partial charge in [0.05, 0.1) is 16.5 Å². The van der Waals surface area contributed by atoms with Crippen LogP contribution >= 0.6 is 11.6 Å². The summed E-state index contributed by atoms with van der Waals surface area (Å²) in [6.07, 6.45) is 1.14. The quantitative estimate of drug-likeness (QED) is 0.879. The molecule has 1 aromatic rings. The normalized spacial score (nSPS) is 18.9. The van der Waals surface area contributed by atoms with Crippen LogP contribution in [0.15, 0.2) is 28.1 Å². The fraction of sp³-hybridized carbons (Fsp3) is 0.417. The smallest absolute Gasteiger partial charge is 0.191 e. The number of sulfone groups is 1. The minimum absolute atomic E-state index is 0.155. The second kappa shape index (κ2) is 5.38. The third kappa shape index (κ3) is 3.61. The number of nitrogens with one attached hydrogen (secondary N) is 2. The molecule has 19 heavy (non-hydrogen) atoms. The minimum atomic E-state index is -3.28. The highest BCUT2D eigenvalue weighted by Gasteiger charge is 2.14. The van der Waals surface area contributed by atoms with E-state index in [0.717, 1.165) is 24.3 Å². The Balaban J connectivity index is 2.05. The van der Waals surface area contributed by atoms with Crippen molar-refractivity contribution < 1.29 is 8.42 Å². The van der Waals surface area contributed by atoms with E-state index in [-0.39, 0.29) is 9.92 Å². The van der Waals surface area contributed by atoms with Crippen molar-refractivity contribution >= 4 is 27.4 Å². The molecule has 0 aliphatic carbocycles. The average molecular weight is 302 g/mol. The van der Waals surface area contributed by atoms with Crippen LogP contribution in [-0.4, -0.2) is 33.2 Å². The highest BCUT2D eigenvalue weighted by atomic mass is 35.5. The summed E-state index contributed by atoms with van der Waals surface area (Å²) in [5.41, 5.74) is 0.904. The van der Waals surface area contributed by atoms with Crippen molar-refractivity contribution in [1.82, 2.24) is 10.6 Å². The molecule has 7 heteroatoms. The van der Waals surface area contributed by atoms with Gasteiger partial charge in [-0.3, -0.25) is 4.99 Å². The van der Waals surface area contributed by atoms with Crippen LogP contribution in [0, 0.1) is 0 Å². The molecular formula is C12H16ClN3O2S. The topological polar surface area (TPSA) is 70.6 Å². The van der Waals surface area contributed by atoms with Crippen molar-refractivity contribution in [3.05, 3.63) is 28.8 Å². The minimum Gasteiger partial charge on any atom is -0.352 e. The van der Waals surface area contributed by atoms with Crippen LogP contribution in [0.2, 0.25) is 5.02 Å². The molecule has 1 aliphatic heterocycles. The Morgan fingerprint density at radius 1 is 1.53 bits per heavy atom. The van der Waals surface area contributed by atoms with Gasteiger partial charge in [-0.2, -0.15) is 0 Å². The van der Waals surface area contributed by atoms with Crippen LogP contribution in [0.5, 0.6) is 0 Å². The number of benzene rings is 1. The van der Waals surface area contributed by atoms with Gasteiger partial charge in [-0.15, -0.1) is 0 Å². The summed E-state index contributed by atoms with van der Waals surface area (Å²) >= 11 is 5.98. The van der Waals surface area contributed by atoms with E-state index >= 15 is 0 Å². The molecule has 0 saturated carbocycles. The first-order valence-corrected chi connectivity index (χ1v) is 8.16. The number of hydrogen-bond acceptors (Lipinski definition) is 5. The molecule has 1 aromatic carbocycles. The third-order valence-electron chi connectivity index (χ3n) is 2.76. The van der Waals surface area contributed by atoms with E-state index in [4.69, 9.17) is 11.6 Å². The predicted molar refractivity (Wildman–Crippen MR) is 76.3 cm³/mol. The highest BCUT2D eigenvalue weighted by Crippen LogP contribution is 2.22. The van der Waals surface area contributed by atoms with Gasteiger partial charge in [0.2, 0.25) is 0 Å². The van der Waals surface area contributed by atoms with Gasteiger partial charge in [-0.25, -0.2) is 8.42 Å². The van der Waals surface area contributed by atoms with Gasteiger partial charge in [-0.05, 0) is 24.6 Å². The first kappa shape index (κ1) is 14.1. The van der Waals surface area contributed by atoms with E-state index in [1.165, 1.54) is 6.07 Å². The van der Waals surface area contributed by atoms with Gasteiger partial charge >= 0.3 is 0 Å². The monoisotopic (exact) mass is 301 g/mol. The SMILES string of the molecule is CC1CN=C(NCc2ccc(S(C)(=O)=O)c(Cl)c2)N1. The molecule has 0 spiro atoms. The number of guanidine groups is 1. The molecule has 0 saturated heterocycles. The molecular weight excluding hydrogens is 286 g/mol. The molecule has 1 heterocycles. The second-order valence-corrected chi connectivity index (χ2v) is 7.02. The molecule has 0 fully saturated rings. The molecule has 1 atom stereocenters. The maximum absolute atomic E-state index is 11.4. The molecule has 0 radical (unpaired) electrons. The van der Waals surface area contributed by atoms with E-state index < -0.39 is 9.84 Å². The fourth-order valence-corrected chi connectivity index (χ4v) is 3.15. The zero-order chi connectivity index (χ0) is 14.0. The highest BCUT2D eigenvalue weighted by molar-refractivity contribution is 7.90. The van der Waals surface area contributed by atoms with E-state index in [1.54, 1.807) is 12.1 Å². The predicted octanol–water partition coefficient (Wildman–Crippen LogP) is 1.18. The van der Waals surface area contributed by atoms with Gasteiger partial charge in [0.15, 0.2) is 15.8 Å². The van der Waals surface area contributed by atoms with Crippen molar-refractivity contribution in [3.8, 4) is 0 Å². The maximum atomic E-state index is 11.4. The molecule has 2 N–H and O–H groups in total. The van der Waals surface area contributed by atoms with E-state index in [1.807, 2.05) is 0 Å². The largest absolute Gasteiger partial charge is 0.352 e. The number of rotatable bonds is 3. The van der Waals surface area contributed by atoms with Crippen molar-refractivity contribution in [3.63, 3.8) is 0 Å². The maximum Gasteiger partial charge on any atom is 0.191 e. The summed E-state index contributed by atoms with van der Waals surface area (Å²) in [4.78, 5) is 4.43. The zero-order valence-electron chi connectivity index (χ0n) is 10.8. The lowest BCUT2D eigenvalue weighted by atomic mass is 10.2. The van der Waals surface area contributed by atoms with Gasteiger partial charge < -0.3 is 10.6 Å². The Kier molecular flexibility index (Phi) is 4.01. The average Bonchev–Trinajstić information content (AvgIpc) is 2.71. The van der Waals surface area contributed by atoms with E-state index in [0.29, 0.717) is 12.6 Å². The number of aliphatic imine (C=N–C) groups is 1. The molecule has 0 amide bonds. The lowest BCUT2D eigenvalue weighted by molar-refractivity contribution is 0.602. The van der Waals surface area contributed by atoms with Gasteiger partial charge in [0.1, 0.15) is 0 Å². The molecule has 0 bridgehead atoms. The second-order valence-electron chi connectivity index (χ2n) is 4.63. The molecule has 5 nitrogen and oxygen atoms in total. The number of halogens is 1. The zero-order valence-corrected chi connectivity index (χ0v) is 12.3. The summed E-state index contributed by atoms with van der Waals surface area (Å²) < 4.78 is 22.9. The first-order valence-electron chi connectivity index (χ1n) is 5.89. The molecule has 104 valence electrons. The van der Waals surface area contributed by atoms with Crippen LogP contribution in [0.3, 0.4) is 0 Å². The Hall–Kier alpha value is -1.27. The number of hydrogen-bond donors (Lipinski definition) is 2. The van der Waals surface area contributed by atoms with Gasteiger partial charge in [0.25, 0.3) is 0 Å².